The monoisotopic (exact) mass is 325 g/mol. The number of halogens is 1. The molecule has 1 saturated carbocycles. The number of rotatable bonds is 7. The Morgan fingerprint density at radius 3 is 2.84 bits per heavy atom. The normalized spacial score (nSPS) is 17.0. The third kappa shape index (κ3) is 4.22. The van der Waals surface area contributed by atoms with Crippen LogP contribution in [0.3, 0.4) is 0 Å². The summed E-state index contributed by atoms with van der Waals surface area (Å²) in [4.78, 5) is 0. The van der Waals surface area contributed by atoms with Gasteiger partial charge in [0.15, 0.2) is 0 Å². The highest BCUT2D eigenvalue weighted by atomic mass is 79.9. The molecular weight excluding hydrogens is 302 g/mol. The van der Waals surface area contributed by atoms with Crippen LogP contribution in [-0.2, 0) is 0 Å². The molecule has 3 heteroatoms. The van der Waals surface area contributed by atoms with Gasteiger partial charge in [-0.2, -0.15) is 0 Å². The first kappa shape index (κ1) is 14.9. The van der Waals surface area contributed by atoms with Gasteiger partial charge in [-0.15, -0.1) is 0 Å². The third-order valence-electron chi connectivity index (χ3n) is 3.96. The molecule has 1 fully saturated rings. The Balaban J connectivity index is 1.97. The van der Waals surface area contributed by atoms with E-state index in [4.69, 9.17) is 4.74 Å². The van der Waals surface area contributed by atoms with Gasteiger partial charge in [-0.1, -0.05) is 48.2 Å². The SMILES string of the molecule is CCNC(C)c1ccc(Br)cc1OCCC1CCC1. The van der Waals surface area contributed by atoms with Crippen molar-refractivity contribution in [2.24, 2.45) is 5.92 Å². The van der Waals surface area contributed by atoms with Crippen molar-refractivity contribution in [3.63, 3.8) is 0 Å². The van der Waals surface area contributed by atoms with Crippen molar-refractivity contribution in [2.45, 2.75) is 45.6 Å². The molecule has 0 amide bonds. The molecule has 1 aliphatic rings. The second-order valence-electron chi connectivity index (χ2n) is 5.40. The standard InChI is InChI=1S/C16H24BrNO/c1-3-18-12(2)15-8-7-14(17)11-16(15)19-10-9-13-5-4-6-13/h7-8,11-13,18H,3-6,9-10H2,1-2H3. The van der Waals surface area contributed by atoms with Crippen molar-refractivity contribution in [1.29, 1.82) is 0 Å². The van der Waals surface area contributed by atoms with Crippen LogP contribution in [0.15, 0.2) is 22.7 Å². The Hall–Kier alpha value is -0.540. The molecule has 19 heavy (non-hydrogen) atoms. The molecule has 1 aromatic carbocycles. The molecular formula is C16H24BrNO. The van der Waals surface area contributed by atoms with Crippen LogP contribution in [0, 0.1) is 5.92 Å². The summed E-state index contributed by atoms with van der Waals surface area (Å²) >= 11 is 3.53. The van der Waals surface area contributed by atoms with Gasteiger partial charge in [-0.3, -0.25) is 0 Å². The number of nitrogens with one attached hydrogen (secondary N) is 1. The summed E-state index contributed by atoms with van der Waals surface area (Å²) in [5.41, 5.74) is 1.25. The van der Waals surface area contributed by atoms with Crippen molar-refractivity contribution in [1.82, 2.24) is 5.32 Å². The Kier molecular flexibility index (Phi) is 5.71. The van der Waals surface area contributed by atoms with Crippen molar-refractivity contribution in [2.75, 3.05) is 13.2 Å². The average Bonchev–Trinajstić information content (AvgIpc) is 2.32. The summed E-state index contributed by atoms with van der Waals surface area (Å²) < 4.78 is 7.10. The van der Waals surface area contributed by atoms with Crippen molar-refractivity contribution >= 4 is 15.9 Å². The Labute approximate surface area is 125 Å². The molecule has 2 nitrogen and oxygen atoms in total. The number of hydrogen-bond donors (Lipinski definition) is 1. The molecule has 0 aromatic heterocycles. The largest absolute Gasteiger partial charge is 0.493 e. The second kappa shape index (κ2) is 7.30. The predicted octanol–water partition coefficient (Wildman–Crippen LogP) is 4.69. The maximum absolute atomic E-state index is 6.02. The van der Waals surface area contributed by atoms with Crippen LogP contribution in [0.2, 0.25) is 0 Å². The maximum Gasteiger partial charge on any atom is 0.125 e. The summed E-state index contributed by atoms with van der Waals surface area (Å²) in [6, 6.07) is 6.65. The summed E-state index contributed by atoms with van der Waals surface area (Å²) in [5.74, 6) is 1.92. The van der Waals surface area contributed by atoms with Gasteiger partial charge in [0.25, 0.3) is 0 Å². The molecule has 1 aromatic rings. The molecule has 0 bridgehead atoms. The van der Waals surface area contributed by atoms with E-state index in [1.54, 1.807) is 0 Å². The summed E-state index contributed by atoms with van der Waals surface area (Å²) in [6.45, 7) is 6.13. The molecule has 0 spiro atoms. The summed E-state index contributed by atoms with van der Waals surface area (Å²) in [6.07, 6.45) is 5.39. The van der Waals surface area contributed by atoms with E-state index in [0.717, 1.165) is 29.3 Å². The van der Waals surface area contributed by atoms with Gasteiger partial charge in [-0.05, 0) is 37.9 Å². The minimum Gasteiger partial charge on any atom is -0.493 e. The fourth-order valence-corrected chi connectivity index (χ4v) is 2.86. The highest BCUT2D eigenvalue weighted by molar-refractivity contribution is 9.10. The van der Waals surface area contributed by atoms with Crippen molar-refractivity contribution < 1.29 is 4.74 Å². The Bertz CT molecular complexity index is 404. The maximum atomic E-state index is 6.02. The van der Waals surface area contributed by atoms with Crippen molar-refractivity contribution in [3.05, 3.63) is 28.2 Å². The molecule has 106 valence electrons. The Morgan fingerprint density at radius 2 is 2.21 bits per heavy atom. The van der Waals surface area contributed by atoms with Crippen LogP contribution in [0.1, 0.15) is 51.1 Å². The smallest absolute Gasteiger partial charge is 0.125 e. The number of ether oxygens (including phenoxy) is 1. The number of benzene rings is 1. The molecule has 1 unspecified atom stereocenters. The van der Waals surface area contributed by atoms with Crippen LogP contribution >= 0.6 is 15.9 Å². The quantitative estimate of drug-likeness (QED) is 0.785. The van der Waals surface area contributed by atoms with E-state index < -0.39 is 0 Å². The Morgan fingerprint density at radius 1 is 1.42 bits per heavy atom. The zero-order valence-electron chi connectivity index (χ0n) is 11.9. The lowest BCUT2D eigenvalue weighted by atomic mass is 9.83. The molecule has 0 aliphatic heterocycles. The van der Waals surface area contributed by atoms with Crippen LogP contribution in [0.25, 0.3) is 0 Å². The first-order valence-electron chi connectivity index (χ1n) is 7.36. The summed E-state index contributed by atoms with van der Waals surface area (Å²) in [7, 11) is 0. The first-order chi connectivity index (χ1) is 9.20. The zero-order chi connectivity index (χ0) is 13.7. The first-order valence-corrected chi connectivity index (χ1v) is 8.15. The van der Waals surface area contributed by atoms with Gasteiger partial charge >= 0.3 is 0 Å². The number of hydrogen-bond acceptors (Lipinski definition) is 2. The summed E-state index contributed by atoms with van der Waals surface area (Å²) in [5, 5.41) is 3.45. The zero-order valence-corrected chi connectivity index (χ0v) is 13.5. The topological polar surface area (TPSA) is 21.3 Å². The lowest BCUT2D eigenvalue weighted by molar-refractivity contribution is 0.220. The minimum atomic E-state index is 0.330. The van der Waals surface area contributed by atoms with E-state index >= 15 is 0 Å². The van der Waals surface area contributed by atoms with E-state index in [1.807, 2.05) is 0 Å². The fraction of sp³-hybridized carbons (Fsp3) is 0.625. The van der Waals surface area contributed by atoms with E-state index in [9.17, 15) is 0 Å². The van der Waals surface area contributed by atoms with E-state index in [0.29, 0.717) is 6.04 Å². The van der Waals surface area contributed by atoms with Gasteiger partial charge in [0.2, 0.25) is 0 Å². The lowest BCUT2D eigenvalue weighted by Gasteiger charge is -2.25. The molecule has 0 saturated heterocycles. The second-order valence-corrected chi connectivity index (χ2v) is 6.31. The van der Waals surface area contributed by atoms with Crippen LogP contribution in [0.5, 0.6) is 5.75 Å². The van der Waals surface area contributed by atoms with E-state index in [2.05, 4.69) is 53.3 Å². The van der Waals surface area contributed by atoms with Gasteiger partial charge in [0.05, 0.1) is 6.61 Å². The lowest BCUT2D eigenvalue weighted by Crippen LogP contribution is -2.19. The van der Waals surface area contributed by atoms with E-state index in [-0.39, 0.29) is 0 Å². The highest BCUT2D eigenvalue weighted by Crippen LogP contribution is 2.31. The molecule has 1 N–H and O–H groups in total. The van der Waals surface area contributed by atoms with Crippen LogP contribution in [-0.4, -0.2) is 13.2 Å². The van der Waals surface area contributed by atoms with Gasteiger partial charge in [0, 0.05) is 16.1 Å². The fourth-order valence-electron chi connectivity index (χ4n) is 2.52. The third-order valence-corrected chi connectivity index (χ3v) is 4.45. The van der Waals surface area contributed by atoms with Gasteiger partial charge in [0.1, 0.15) is 5.75 Å². The van der Waals surface area contributed by atoms with E-state index in [1.165, 1.54) is 31.2 Å². The van der Waals surface area contributed by atoms with Crippen LogP contribution < -0.4 is 10.1 Å². The minimum absolute atomic E-state index is 0.330. The molecule has 1 atom stereocenters. The predicted molar refractivity (Wildman–Crippen MR) is 83.7 cm³/mol. The molecule has 2 rings (SSSR count). The van der Waals surface area contributed by atoms with Gasteiger partial charge < -0.3 is 10.1 Å². The molecule has 1 aliphatic carbocycles. The molecule has 0 heterocycles. The van der Waals surface area contributed by atoms with Gasteiger partial charge in [-0.25, -0.2) is 0 Å². The van der Waals surface area contributed by atoms with Crippen LogP contribution in [0.4, 0.5) is 0 Å². The molecule has 0 radical (unpaired) electrons. The average molecular weight is 326 g/mol. The highest BCUT2D eigenvalue weighted by Gasteiger charge is 2.17. The van der Waals surface area contributed by atoms with Crippen molar-refractivity contribution in [3.8, 4) is 5.75 Å².